The van der Waals surface area contributed by atoms with Gasteiger partial charge in [-0.25, -0.2) is 9.78 Å². The van der Waals surface area contributed by atoms with Gasteiger partial charge < -0.3 is 52.3 Å². The van der Waals surface area contributed by atoms with Crippen molar-refractivity contribution in [3.63, 3.8) is 0 Å². The first-order chi connectivity index (χ1) is 25.2. The number of nitrogens with zero attached hydrogens (tertiary/aromatic N) is 1. The summed E-state index contributed by atoms with van der Waals surface area (Å²) >= 11 is 0. The summed E-state index contributed by atoms with van der Waals surface area (Å²) in [4.78, 5) is 87.8. The summed E-state index contributed by atoms with van der Waals surface area (Å²) in [7, 11) is 0. The molecule has 53 heavy (non-hydrogen) atoms. The van der Waals surface area contributed by atoms with E-state index < -0.39 is 84.5 Å². The Bertz CT molecular complexity index is 1890. The Morgan fingerprint density at radius 1 is 0.774 bits per heavy atom. The first kappa shape index (κ1) is 39.6. The van der Waals surface area contributed by atoms with Gasteiger partial charge >= 0.3 is 11.9 Å². The first-order valence-corrected chi connectivity index (χ1v) is 16.9. The molecule has 2 aromatic carbocycles. The number of nitrogens with two attached hydrogens (primary N) is 1. The summed E-state index contributed by atoms with van der Waals surface area (Å²) in [6.07, 6.45) is 3.55. The lowest BCUT2D eigenvalue weighted by molar-refractivity contribution is -0.143. The van der Waals surface area contributed by atoms with E-state index in [2.05, 4.69) is 36.2 Å². The van der Waals surface area contributed by atoms with Crippen LogP contribution in [0.15, 0.2) is 67.3 Å². The molecule has 0 radical (unpaired) electrons. The summed E-state index contributed by atoms with van der Waals surface area (Å²) < 4.78 is 0. The number of rotatable bonds is 19. The molecule has 17 heteroatoms. The highest BCUT2D eigenvalue weighted by atomic mass is 16.4. The quantitative estimate of drug-likeness (QED) is 0.0633. The normalized spacial score (nSPS) is 14.0. The number of phenols is 1. The lowest BCUT2D eigenvalue weighted by Gasteiger charge is -2.28. The Morgan fingerprint density at radius 2 is 1.43 bits per heavy atom. The van der Waals surface area contributed by atoms with E-state index in [9.17, 15) is 44.1 Å². The van der Waals surface area contributed by atoms with Gasteiger partial charge in [-0.05, 0) is 41.7 Å². The highest BCUT2D eigenvalue weighted by Crippen LogP contribution is 2.19. The number of aromatic nitrogens is 3. The summed E-state index contributed by atoms with van der Waals surface area (Å²) in [5.41, 5.74) is 8.50. The number of fused-ring (bicyclic) bond motifs is 1. The van der Waals surface area contributed by atoms with Gasteiger partial charge in [-0.15, -0.1) is 0 Å². The van der Waals surface area contributed by atoms with E-state index in [0.717, 1.165) is 10.9 Å². The topological polar surface area (TPSA) is 282 Å². The number of carbonyl (C=O) groups excluding carboxylic acids is 4. The molecular weight excluding hydrogens is 688 g/mol. The van der Waals surface area contributed by atoms with Crippen molar-refractivity contribution in [1.29, 1.82) is 0 Å². The number of amides is 4. The number of imidazole rings is 1. The van der Waals surface area contributed by atoms with Crippen molar-refractivity contribution in [3.8, 4) is 5.75 Å². The SMILES string of the molecule is CC(C)[C@H](NC(=O)[C@@H](N)Cc1c[nH]cn1)C(=O)N[C@@H](Cc1ccc(O)cc1)C(=O)N[C@@H](CCC(=O)O)C(=O)N[C@@H](Cc1c[nH]c2ccccc12)C(=O)O. The molecule has 11 N–H and O–H groups in total. The maximum Gasteiger partial charge on any atom is 0.326 e. The second-order valence-electron chi connectivity index (χ2n) is 13.0. The largest absolute Gasteiger partial charge is 0.508 e. The van der Waals surface area contributed by atoms with Crippen LogP contribution in [0, 0.1) is 5.92 Å². The van der Waals surface area contributed by atoms with Crippen LogP contribution in [0.2, 0.25) is 0 Å². The molecule has 5 atom stereocenters. The minimum Gasteiger partial charge on any atom is -0.508 e. The Morgan fingerprint density at radius 3 is 2.08 bits per heavy atom. The predicted octanol–water partition coefficient (Wildman–Crippen LogP) is 0.496. The molecule has 0 aliphatic heterocycles. The number of phenolic OH excluding ortho intramolecular Hbond substituents is 1. The fourth-order valence-electron chi connectivity index (χ4n) is 5.66. The van der Waals surface area contributed by atoms with Gasteiger partial charge in [0.25, 0.3) is 0 Å². The van der Waals surface area contributed by atoms with Gasteiger partial charge in [0.2, 0.25) is 23.6 Å². The second kappa shape index (κ2) is 18.3. The van der Waals surface area contributed by atoms with E-state index >= 15 is 0 Å². The molecule has 0 saturated heterocycles. The van der Waals surface area contributed by atoms with Crippen LogP contribution in [0.3, 0.4) is 0 Å². The standard InChI is InChI=1S/C36H44N8O9/c1-19(2)31(44-32(48)25(37)15-22-17-38-18-40-22)35(51)42-28(13-20-7-9-23(45)10-8-20)34(50)41-27(11-12-30(46)47)33(49)43-29(36(52)53)14-21-16-39-26-6-4-3-5-24(21)26/h3-10,16-19,25,27-29,31,39,45H,11-15,37H2,1-2H3,(H,38,40)(H,41,50)(H,42,51)(H,43,49)(H,44,48)(H,46,47)(H,52,53)/t25-,27-,28-,29-,31-/m0/s1. The molecule has 4 rings (SSSR count). The highest BCUT2D eigenvalue weighted by Gasteiger charge is 2.33. The van der Waals surface area contributed by atoms with Crippen LogP contribution < -0.4 is 27.0 Å². The number of carboxylic acid groups (broad SMARTS) is 2. The minimum atomic E-state index is -1.51. The van der Waals surface area contributed by atoms with Gasteiger partial charge in [-0.1, -0.05) is 44.2 Å². The zero-order valence-corrected chi connectivity index (χ0v) is 29.2. The molecule has 282 valence electrons. The summed E-state index contributed by atoms with van der Waals surface area (Å²) in [6.45, 7) is 3.36. The van der Waals surface area contributed by atoms with Crippen LogP contribution in [0.4, 0.5) is 0 Å². The number of para-hydroxylation sites is 1. The van der Waals surface area contributed by atoms with Crippen LogP contribution in [-0.4, -0.2) is 96.0 Å². The van der Waals surface area contributed by atoms with Crippen molar-refractivity contribution in [1.82, 2.24) is 36.2 Å². The number of benzene rings is 2. The molecule has 0 fully saturated rings. The van der Waals surface area contributed by atoms with Crippen molar-refractivity contribution in [2.45, 2.75) is 76.2 Å². The smallest absolute Gasteiger partial charge is 0.326 e. The number of aromatic amines is 2. The fraction of sp³-hybridized carbons (Fsp3) is 0.361. The van der Waals surface area contributed by atoms with E-state index in [1.54, 1.807) is 38.4 Å². The molecule has 0 saturated carbocycles. The Kier molecular flexibility index (Phi) is 13.7. The van der Waals surface area contributed by atoms with Gasteiger partial charge in [-0.3, -0.25) is 24.0 Å². The van der Waals surface area contributed by atoms with Crippen molar-refractivity contribution >= 4 is 46.5 Å². The number of nitrogens with one attached hydrogen (secondary N) is 6. The van der Waals surface area contributed by atoms with Crippen molar-refractivity contribution < 1.29 is 44.1 Å². The third kappa shape index (κ3) is 11.4. The predicted molar refractivity (Wildman–Crippen MR) is 191 cm³/mol. The Hall–Kier alpha value is -6.23. The number of carbonyl (C=O) groups is 6. The molecule has 0 aliphatic carbocycles. The summed E-state index contributed by atoms with van der Waals surface area (Å²) in [6, 6.07) is 6.51. The Balaban J connectivity index is 1.53. The second-order valence-corrected chi connectivity index (χ2v) is 13.0. The average Bonchev–Trinajstić information content (AvgIpc) is 3.78. The number of H-pyrrole nitrogens is 2. The molecule has 0 aliphatic rings. The summed E-state index contributed by atoms with van der Waals surface area (Å²) in [5.74, 6) is -6.32. The fourth-order valence-corrected chi connectivity index (χ4v) is 5.66. The van der Waals surface area contributed by atoms with Gasteiger partial charge in [0.05, 0.1) is 18.1 Å². The number of aliphatic carboxylic acids is 2. The van der Waals surface area contributed by atoms with Crippen molar-refractivity contribution in [2.24, 2.45) is 11.7 Å². The number of carboxylic acids is 2. The molecular formula is C36H44N8O9. The van der Waals surface area contributed by atoms with Crippen molar-refractivity contribution in [2.75, 3.05) is 0 Å². The van der Waals surface area contributed by atoms with Gasteiger partial charge in [0.1, 0.15) is 29.9 Å². The van der Waals surface area contributed by atoms with E-state index in [0.29, 0.717) is 16.8 Å². The number of hydrogen-bond donors (Lipinski definition) is 10. The maximum atomic E-state index is 13.9. The van der Waals surface area contributed by atoms with Crippen LogP contribution in [0.25, 0.3) is 10.9 Å². The van der Waals surface area contributed by atoms with Crippen molar-refractivity contribution in [3.05, 3.63) is 84.1 Å². The molecule has 2 heterocycles. The number of aromatic hydroxyl groups is 1. The zero-order chi connectivity index (χ0) is 38.7. The van der Waals surface area contributed by atoms with Crippen LogP contribution in [-0.2, 0) is 48.0 Å². The van der Waals surface area contributed by atoms with E-state index in [-0.39, 0.29) is 25.0 Å². The van der Waals surface area contributed by atoms with Gasteiger partial charge in [0.15, 0.2) is 0 Å². The monoisotopic (exact) mass is 732 g/mol. The maximum absolute atomic E-state index is 13.9. The lowest BCUT2D eigenvalue weighted by atomic mass is 9.99. The molecule has 0 unspecified atom stereocenters. The van der Waals surface area contributed by atoms with Gasteiger partial charge in [-0.2, -0.15) is 0 Å². The summed E-state index contributed by atoms with van der Waals surface area (Å²) in [5, 5.41) is 40.1. The van der Waals surface area contributed by atoms with E-state index in [1.165, 1.54) is 30.6 Å². The average molecular weight is 733 g/mol. The van der Waals surface area contributed by atoms with Gasteiger partial charge in [0, 0.05) is 49.0 Å². The van der Waals surface area contributed by atoms with E-state index in [4.69, 9.17) is 5.73 Å². The minimum absolute atomic E-state index is 0.0430. The molecule has 4 aromatic rings. The number of hydrogen-bond acceptors (Lipinski definition) is 9. The van der Waals surface area contributed by atoms with Crippen LogP contribution >= 0.6 is 0 Å². The van der Waals surface area contributed by atoms with Crippen LogP contribution in [0.1, 0.15) is 43.5 Å². The molecule has 4 amide bonds. The highest BCUT2D eigenvalue weighted by molar-refractivity contribution is 5.96. The molecule has 2 aromatic heterocycles. The lowest BCUT2D eigenvalue weighted by Crippen LogP contribution is -2.60. The first-order valence-electron chi connectivity index (χ1n) is 16.9. The Labute approximate surface area is 304 Å². The zero-order valence-electron chi connectivity index (χ0n) is 29.2. The molecule has 17 nitrogen and oxygen atoms in total. The third-order valence-electron chi connectivity index (χ3n) is 8.57. The molecule has 0 bridgehead atoms. The molecule has 0 spiro atoms. The van der Waals surface area contributed by atoms with E-state index in [1.807, 2.05) is 12.1 Å². The third-order valence-corrected chi connectivity index (χ3v) is 8.57. The van der Waals surface area contributed by atoms with Crippen LogP contribution in [0.5, 0.6) is 5.75 Å².